The van der Waals surface area contributed by atoms with Crippen LogP contribution in [0.5, 0.6) is 0 Å². The molecule has 174 valence electrons. The van der Waals surface area contributed by atoms with E-state index in [4.69, 9.17) is 0 Å². The Balaban J connectivity index is 0.00000363. The molecule has 0 bridgehead atoms. The molecule has 1 fully saturated rings. The van der Waals surface area contributed by atoms with Gasteiger partial charge in [-0.05, 0) is 12.5 Å². The topological polar surface area (TPSA) is 86.1 Å². The number of benzene rings is 1. The third-order valence-corrected chi connectivity index (χ3v) is 5.13. The Morgan fingerprint density at radius 3 is 2.62 bits per heavy atom. The maximum Gasteiger partial charge on any atom is 0.246 e. The number of aryl methyl sites for hydroxylation is 1. The Morgan fingerprint density at radius 1 is 1.25 bits per heavy atom. The van der Waals surface area contributed by atoms with E-state index in [0.29, 0.717) is 45.1 Å². The third kappa shape index (κ3) is 6.94. The van der Waals surface area contributed by atoms with Crippen LogP contribution in [-0.4, -0.2) is 77.1 Å². The first-order chi connectivity index (χ1) is 15.0. The van der Waals surface area contributed by atoms with Crippen molar-refractivity contribution in [1.29, 1.82) is 0 Å². The Bertz CT molecular complexity index is 916. The number of amides is 2. The van der Waals surface area contributed by atoms with Crippen molar-refractivity contribution < 1.29 is 9.59 Å². The number of carbonyl (C=O) groups excluding carboxylic acids is 2. The number of hydrogen-bond acceptors (Lipinski definition) is 4. The van der Waals surface area contributed by atoms with Crippen LogP contribution in [-0.2, 0) is 23.2 Å². The summed E-state index contributed by atoms with van der Waals surface area (Å²) in [5.74, 6) is 0.713. The highest BCUT2D eigenvalue weighted by molar-refractivity contribution is 14.0. The molecule has 2 amide bonds. The summed E-state index contributed by atoms with van der Waals surface area (Å²) in [7, 11) is 3.64. The maximum absolute atomic E-state index is 12.7. The molecule has 0 saturated carbocycles. The summed E-state index contributed by atoms with van der Waals surface area (Å²) in [6, 6.07) is 9.91. The van der Waals surface area contributed by atoms with E-state index in [0.717, 1.165) is 11.3 Å². The normalized spacial score (nSPS) is 14.2. The largest absolute Gasteiger partial charge is 0.357 e. The minimum Gasteiger partial charge on any atom is -0.357 e. The summed E-state index contributed by atoms with van der Waals surface area (Å²) >= 11 is 0. The lowest BCUT2D eigenvalue weighted by Gasteiger charge is -2.35. The van der Waals surface area contributed by atoms with Crippen LogP contribution in [0.25, 0.3) is 0 Å². The van der Waals surface area contributed by atoms with Crippen molar-refractivity contribution in [3.05, 3.63) is 48.3 Å². The summed E-state index contributed by atoms with van der Waals surface area (Å²) in [5.41, 5.74) is 1.90. The quantitative estimate of drug-likeness (QED) is 0.321. The first kappa shape index (κ1) is 25.6. The van der Waals surface area contributed by atoms with Crippen LogP contribution in [0.2, 0.25) is 0 Å². The van der Waals surface area contributed by atoms with Gasteiger partial charge in [-0.15, -0.1) is 24.0 Å². The fraction of sp³-hybridized carbons (Fsp3) is 0.455. The van der Waals surface area contributed by atoms with Crippen LogP contribution in [0.4, 0.5) is 5.69 Å². The smallest absolute Gasteiger partial charge is 0.246 e. The molecular formula is C22H32IN7O2. The zero-order valence-corrected chi connectivity index (χ0v) is 21.2. The number of nitrogens with zero attached hydrogens (tertiary/aromatic N) is 6. The van der Waals surface area contributed by atoms with Gasteiger partial charge in [0.05, 0.1) is 18.4 Å². The van der Waals surface area contributed by atoms with Crippen molar-refractivity contribution in [3.63, 3.8) is 0 Å². The van der Waals surface area contributed by atoms with Crippen molar-refractivity contribution in [3.8, 4) is 0 Å². The summed E-state index contributed by atoms with van der Waals surface area (Å²) < 4.78 is 1.69. The second-order valence-corrected chi connectivity index (χ2v) is 7.56. The summed E-state index contributed by atoms with van der Waals surface area (Å²) in [4.78, 5) is 35.1. The van der Waals surface area contributed by atoms with Gasteiger partial charge >= 0.3 is 0 Å². The van der Waals surface area contributed by atoms with Gasteiger partial charge in [-0.2, -0.15) is 5.10 Å². The number of piperazine rings is 1. The van der Waals surface area contributed by atoms with Crippen LogP contribution in [0.1, 0.15) is 18.9 Å². The zero-order valence-electron chi connectivity index (χ0n) is 18.9. The van der Waals surface area contributed by atoms with Crippen molar-refractivity contribution in [2.75, 3.05) is 44.7 Å². The predicted octanol–water partition coefficient (Wildman–Crippen LogP) is 1.70. The molecule has 2 heterocycles. The Hall–Kier alpha value is -2.63. The van der Waals surface area contributed by atoms with Gasteiger partial charge in [-0.3, -0.25) is 19.3 Å². The zero-order chi connectivity index (χ0) is 22.2. The summed E-state index contributed by atoms with van der Waals surface area (Å²) in [5, 5.41) is 7.38. The average molecular weight is 553 g/mol. The SMILES string of the molecule is CCNC(=NCCC(=O)N(C)Cc1ccccc1)N1CCN(c2cnn(C)c2)C(=O)C1.I. The van der Waals surface area contributed by atoms with Gasteiger partial charge in [0.15, 0.2) is 5.96 Å². The van der Waals surface area contributed by atoms with Gasteiger partial charge in [-0.1, -0.05) is 30.3 Å². The molecule has 0 radical (unpaired) electrons. The Morgan fingerprint density at radius 2 is 2.00 bits per heavy atom. The fourth-order valence-corrected chi connectivity index (χ4v) is 3.49. The molecule has 1 saturated heterocycles. The van der Waals surface area contributed by atoms with Gasteiger partial charge in [0.1, 0.15) is 6.54 Å². The van der Waals surface area contributed by atoms with E-state index in [-0.39, 0.29) is 42.3 Å². The molecule has 0 atom stereocenters. The van der Waals surface area contributed by atoms with Crippen LogP contribution in [0.3, 0.4) is 0 Å². The molecule has 2 aromatic rings. The van der Waals surface area contributed by atoms with Crippen molar-refractivity contribution in [2.45, 2.75) is 19.9 Å². The number of nitrogens with one attached hydrogen (secondary N) is 1. The molecular weight excluding hydrogens is 521 g/mol. The molecule has 3 rings (SSSR count). The number of hydrogen-bond donors (Lipinski definition) is 1. The van der Waals surface area contributed by atoms with E-state index in [1.165, 1.54) is 0 Å². The van der Waals surface area contributed by atoms with Gasteiger partial charge in [0, 0.05) is 52.9 Å². The molecule has 32 heavy (non-hydrogen) atoms. The number of guanidine groups is 1. The number of carbonyl (C=O) groups is 2. The summed E-state index contributed by atoms with van der Waals surface area (Å²) in [6.45, 7) is 5.09. The Labute approximate surface area is 206 Å². The molecule has 1 aliphatic heterocycles. The van der Waals surface area contributed by atoms with Crippen LogP contribution >= 0.6 is 24.0 Å². The predicted molar refractivity (Wildman–Crippen MR) is 136 cm³/mol. The van der Waals surface area contributed by atoms with Crippen LogP contribution in [0.15, 0.2) is 47.7 Å². The van der Waals surface area contributed by atoms with E-state index in [1.807, 2.05) is 55.4 Å². The van der Waals surface area contributed by atoms with Crippen molar-refractivity contribution >= 4 is 47.4 Å². The van der Waals surface area contributed by atoms with E-state index >= 15 is 0 Å². The molecule has 10 heteroatoms. The number of aliphatic imine (C=N–C) groups is 1. The number of anilines is 1. The van der Waals surface area contributed by atoms with Gasteiger partial charge in [0.25, 0.3) is 0 Å². The molecule has 9 nitrogen and oxygen atoms in total. The lowest BCUT2D eigenvalue weighted by molar-refractivity contribution is -0.130. The van der Waals surface area contributed by atoms with Crippen molar-refractivity contribution in [2.24, 2.45) is 12.0 Å². The lowest BCUT2D eigenvalue weighted by atomic mass is 10.2. The van der Waals surface area contributed by atoms with Crippen LogP contribution in [0, 0.1) is 0 Å². The van der Waals surface area contributed by atoms with E-state index in [1.54, 1.807) is 27.7 Å². The second-order valence-electron chi connectivity index (χ2n) is 7.56. The van der Waals surface area contributed by atoms with Gasteiger partial charge in [-0.25, -0.2) is 0 Å². The molecule has 0 spiro atoms. The van der Waals surface area contributed by atoms with Gasteiger partial charge < -0.3 is 20.0 Å². The Kier molecular flexibility index (Phi) is 9.95. The van der Waals surface area contributed by atoms with E-state index in [2.05, 4.69) is 15.4 Å². The van der Waals surface area contributed by atoms with Crippen molar-refractivity contribution in [1.82, 2.24) is 24.9 Å². The monoisotopic (exact) mass is 553 g/mol. The minimum atomic E-state index is 0. The molecule has 1 N–H and O–H groups in total. The fourth-order valence-electron chi connectivity index (χ4n) is 3.49. The highest BCUT2D eigenvalue weighted by atomic mass is 127. The average Bonchev–Trinajstić information content (AvgIpc) is 3.19. The lowest BCUT2D eigenvalue weighted by Crippen LogP contribution is -2.55. The number of rotatable bonds is 7. The van der Waals surface area contributed by atoms with E-state index < -0.39 is 0 Å². The minimum absolute atomic E-state index is 0. The standard InChI is InChI=1S/C22H31N7O2.HI/c1-4-23-22(24-11-10-20(30)26(2)15-18-8-6-5-7-9-18)28-12-13-29(21(31)17-28)19-14-25-27(3)16-19;/h5-9,14,16H,4,10-13,15,17H2,1-3H3,(H,23,24);1H. The first-order valence-corrected chi connectivity index (χ1v) is 10.6. The molecule has 1 aromatic carbocycles. The number of aromatic nitrogens is 2. The second kappa shape index (κ2) is 12.4. The van der Waals surface area contributed by atoms with Crippen LogP contribution < -0.4 is 10.2 Å². The molecule has 0 aliphatic carbocycles. The maximum atomic E-state index is 12.7. The molecule has 0 unspecified atom stereocenters. The highest BCUT2D eigenvalue weighted by Crippen LogP contribution is 2.16. The summed E-state index contributed by atoms with van der Waals surface area (Å²) in [6.07, 6.45) is 3.86. The number of halogens is 1. The molecule has 1 aliphatic rings. The van der Waals surface area contributed by atoms with Gasteiger partial charge in [0.2, 0.25) is 11.8 Å². The highest BCUT2D eigenvalue weighted by Gasteiger charge is 2.27. The molecule has 1 aromatic heterocycles. The third-order valence-electron chi connectivity index (χ3n) is 5.13. The van der Waals surface area contributed by atoms with E-state index in [9.17, 15) is 9.59 Å². The first-order valence-electron chi connectivity index (χ1n) is 10.6.